The second-order valence-corrected chi connectivity index (χ2v) is 5.95. The lowest BCUT2D eigenvalue weighted by molar-refractivity contribution is -0.645. The molecule has 23 heavy (non-hydrogen) atoms. The van der Waals surface area contributed by atoms with Gasteiger partial charge in [-0.1, -0.05) is 12.1 Å². The average molecular weight is 332 g/mol. The Morgan fingerprint density at radius 1 is 1.26 bits per heavy atom. The molecule has 2 heterocycles. The van der Waals surface area contributed by atoms with Crippen LogP contribution in [0.25, 0.3) is 0 Å². The van der Waals surface area contributed by atoms with Crippen molar-refractivity contribution in [3.8, 4) is 11.5 Å². The number of benzene rings is 1. The van der Waals surface area contributed by atoms with E-state index < -0.39 is 0 Å². The Labute approximate surface area is 138 Å². The average Bonchev–Trinajstić information content (AvgIpc) is 2.59. The van der Waals surface area contributed by atoms with Crippen molar-refractivity contribution in [2.45, 2.75) is 11.1 Å². The Bertz CT molecular complexity index is 695. The highest BCUT2D eigenvalue weighted by atomic mass is 32.2. The van der Waals surface area contributed by atoms with E-state index >= 15 is 0 Å². The van der Waals surface area contributed by atoms with Gasteiger partial charge < -0.3 is 20.0 Å². The van der Waals surface area contributed by atoms with Gasteiger partial charge in [0.15, 0.2) is 17.7 Å². The molecular formula is C16H16N2O4S. The molecule has 120 valence electrons. The molecule has 0 aliphatic carbocycles. The first kappa shape index (κ1) is 15.5. The van der Waals surface area contributed by atoms with Crippen molar-refractivity contribution in [2.24, 2.45) is 0 Å². The van der Waals surface area contributed by atoms with Gasteiger partial charge in [0.1, 0.15) is 12.7 Å². The summed E-state index contributed by atoms with van der Waals surface area (Å²) in [6.07, 6.45) is 1.19. The summed E-state index contributed by atoms with van der Waals surface area (Å²) in [5.74, 6) is 1.43. The number of pyridine rings is 1. The van der Waals surface area contributed by atoms with E-state index in [0.29, 0.717) is 23.9 Å². The summed E-state index contributed by atoms with van der Waals surface area (Å²) in [6.45, 7) is 0.754. The number of carbonyl (C=O) groups excluding carboxylic acids is 1. The molecule has 0 bridgehead atoms. The van der Waals surface area contributed by atoms with Crippen LogP contribution in [0.4, 0.5) is 0 Å². The van der Waals surface area contributed by atoms with E-state index in [-0.39, 0.29) is 17.8 Å². The van der Waals surface area contributed by atoms with E-state index in [9.17, 15) is 10.0 Å². The summed E-state index contributed by atoms with van der Waals surface area (Å²) >= 11 is 1.20. The van der Waals surface area contributed by atoms with Gasteiger partial charge in [-0.15, -0.1) is 0 Å². The molecule has 1 aliphatic heterocycles. The maximum Gasteiger partial charge on any atom is 0.251 e. The predicted molar refractivity (Wildman–Crippen MR) is 85.5 cm³/mol. The fourth-order valence-electron chi connectivity index (χ4n) is 2.11. The quantitative estimate of drug-likeness (QED) is 0.508. The van der Waals surface area contributed by atoms with E-state index in [0.717, 1.165) is 10.5 Å². The zero-order valence-corrected chi connectivity index (χ0v) is 13.1. The SMILES string of the molecule is O=C(CSc1cccc[n+]1[O-])NC[C@H]1COc2ccccc2O1. The third kappa shape index (κ3) is 4.07. The number of carbonyl (C=O) groups is 1. The summed E-state index contributed by atoms with van der Waals surface area (Å²) in [4.78, 5) is 11.9. The molecule has 1 aromatic heterocycles. The predicted octanol–water partition coefficient (Wildman–Crippen LogP) is 1.37. The molecule has 1 N–H and O–H groups in total. The van der Waals surface area contributed by atoms with Crippen molar-refractivity contribution in [3.63, 3.8) is 0 Å². The molecule has 0 spiro atoms. The smallest absolute Gasteiger partial charge is 0.251 e. The number of thioether (sulfide) groups is 1. The highest BCUT2D eigenvalue weighted by Crippen LogP contribution is 2.30. The van der Waals surface area contributed by atoms with E-state index in [2.05, 4.69) is 5.32 Å². The highest BCUT2D eigenvalue weighted by Gasteiger charge is 2.21. The second-order valence-electron chi connectivity index (χ2n) is 4.96. The molecule has 0 fully saturated rings. The van der Waals surface area contributed by atoms with Gasteiger partial charge in [0.25, 0.3) is 5.03 Å². The van der Waals surface area contributed by atoms with Gasteiger partial charge in [-0.3, -0.25) is 4.79 Å². The number of amides is 1. The topological polar surface area (TPSA) is 74.5 Å². The number of fused-ring (bicyclic) bond motifs is 1. The van der Waals surface area contributed by atoms with Crippen LogP contribution in [0.1, 0.15) is 0 Å². The van der Waals surface area contributed by atoms with E-state index in [1.54, 1.807) is 18.2 Å². The molecule has 7 heteroatoms. The summed E-state index contributed by atoms with van der Waals surface area (Å²) < 4.78 is 12.1. The number of ether oxygens (including phenoxy) is 2. The monoisotopic (exact) mass is 332 g/mol. The minimum absolute atomic E-state index is 0.152. The number of nitrogens with zero attached hydrogens (tertiary/aromatic N) is 1. The fourth-order valence-corrected chi connectivity index (χ4v) is 2.85. The first-order chi connectivity index (χ1) is 11.2. The first-order valence-corrected chi connectivity index (χ1v) is 8.17. The van der Waals surface area contributed by atoms with Gasteiger partial charge in [-0.25, -0.2) is 0 Å². The zero-order chi connectivity index (χ0) is 16.1. The van der Waals surface area contributed by atoms with Crippen molar-refractivity contribution in [3.05, 3.63) is 53.9 Å². The van der Waals surface area contributed by atoms with Crippen LogP contribution in [-0.2, 0) is 4.79 Å². The Balaban J connectivity index is 1.44. The molecule has 1 aromatic carbocycles. The van der Waals surface area contributed by atoms with E-state index in [1.165, 1.54) is 18.0 Å². The van der Waals surface area contributed by atoms with Gasteiger partial charge in [0, 0.05) is 12.1 Å². The van der Waals surface area contributed by atoms with Gasteiger partial charge >= 0.3 is 0 Å². The lowest BCUT2D eigenvalue weighted by Gasteiger charge is -2.26. The van der Waals surface area contributed by atoms with Crippen LogP contribution < -0.4 is 19.5 Å². The minimum Gasteiger partial charge on any atom is -0.618 e. The lowest BCUT2D eigenvalue weighted by atomic mass is 10.2. The van der Waals surface area contributed by atoms with Gasteiger partial charge in [0.2, 0.25) is 5.91 Å². The Hall–Kier alpha value is -2.41. The van der Waals surface area contributed by atoms with Crippen LogP contribution in [0.3, 0.4) is 0 Å². The minimum atomic E-state index is -0.222. The number of hydrogen-bond donors (Lipinski definition) is 1. The van der Waals surface area contributed by atoms with Crippen LogP contribution in [0.2, 0.25) is 0 Å². The maximum absolute atomic E-state index is 11.9. The van der Waals surface area contributed by atoms with Crippen LogP contribution in [0.15, 0.2) is 53.7 Å². The Morgan fingerprint density at radius 2 is 2.04 bits per heavy atom. The third-order valence-corrected chi connectivity index (χ3v) is 4.25. The van der Waals surface area contributed by atoms with Gasteiger partial charge in [0.05, 0.1) is 12.3 Å². The molecule has 1 atom stereocenters. The van der Waals surface area contributed by atoms with Gasteiger partial charge in [-0.2, -0.15) is 4.73 Å². The second kappa shape index (κ2) is 7.23. The molecule has 0 radical (unpaired) electrons. The molecule has 0 unspecified atom stereocenters. The van der Waals surface area contributed by atoms with Crippen molar-refractivity contribution < 1.29 is 19.0 Å². The first-order valence-electron chi connectivity index (χ1n) is 7.18. The number of rotatable bonds is 5. The summed E-state index contributed by atoms with van der Waals surface area (Å²) in [7, 11) is 0. The number of aromatic nitrogens is 1. The third-order valence-electron chi connectivity index (χ3n) is 3.23. The molecule has 0 saturated heterocycles. The molecule has 3 rings (SSSR count). The fraction of sp³-hybridized carbons (Fsp3) is 0.250. The van der Waals surface area contributed by atoms with Crippen molar-refractivity contribution in [1.82, 2.24) is 5.32 Å². The van der Waals surface area contributed by atoms with Crippen molar-refractivity contribution in [2.75, 3.05) is 18.9 Å². The maximum atomic E-state index is 11.9. The highest BCUT2D eigenvalue weighted by molar-refractivity contribution is 7.99. The summed E-state index contributed by atoms with van der Waals surface area (Å²) in [5, 5.41) is 14.8. The largest absolute Gasteiger partial charge is 0.618 e. The molecule has 6 nitrogen and oxygen atoms in total. The van der Waals surface area contributed by atoms with Crippen LogP contribution in [0, 0.1) is 5.21 Å². The number of para-hydroxylation sites is 2. The molecule has 1 aliphatic rings. The zero-order valence-electron chi connectivity index (χ0n) is 12.3. The van der Waals surface area contributed by atoms with Crippen LogP contribution in [-0.4, -0.2) is 30.9 Å². The standard InChI is InChI=1S/C16H16N2O4S/c19-15(11-23-16-7-3-4-8-18(16)20)17-9-12-10-21-13-5-1-2-6-14(13)22-12/h1-8,12H,9-11H2,(H,17,19)/t12-/m0/s1. The van der Waals surface area contributed by atoms with Crippen molar-refractivity contribution >= 4 is 17.7 Å². The Kier molecular flexibility index (Phi) is 4.87. The normalized spacial score (nSPS) is 15.9. The molecular weight excluding hydrogens is 316 g/mol. The summed E-state index contributed by atoms with van der Waals surface area (Å²) in [6, 6.07) is 12.5. The van der Waals surface area contributed by atoms with Crippen molar-refractivity contribution in [1.29, 1.82) is 0 Å². The number of hydrogen-bond acceptors (Lipinski definition) is 5. The summed E-state index contributed by atoms with van der Waals surface area (Å²) in [5.41, 5.74) is 0. The molecule has 2 aromatic rings. The van der Waals surface area contributed by atoms with Crippen LogP contribution in [0.5, 0.6) is 11.5 Å². The van der Waals surface area contributed by atoms with Gasteiger partial charge in [-0.05, 0) is 30.0 Å². The lowest BCUT2D eigenvalue weighted by Crippen LogP contribution is -2.41. The molecule has 0 saturated carbocycles. The number of nitrogens with one attached hydrogen (secondary N) is 1. The van der Waals surface area contributed by atoms with Crippen LogP contribution >= 0.6 is 11.8 Å². The Morgan fingerprint density at radius 3 is 2.87 bits per heavy atom. The molecule has 1 amide bonds. The van der Waals surface area contributed by atoms with E-state index in [1.807, 2.05) is 24.3 Å². The van der Waals surface area contributed by atoms with E-state index in [4.69, 9.17) is 9.47 Å².